The zero-order valence-electron chi connectivity index (χ0n) is 11.5. The van der Waals surface area contributed by atoms with Crippen molar-refractivity contribution in [2.45, 2.75) is 26.3 Å². The van der Waals surface area contributed by atoms with E-state index >= 15 is 0 Å². The molecule has 0 saturated carbocycles. The van der Waals surface area contributed by atoms with E-state index in [-0.39, 0.29) is 5.91 Å². The maximum atomic E-state index is 11.4. The molecule has 2 rings (SSSR count). The van der Waals surface area contributed by atoms with Crippen molar-refractivity contribution in [2.75, 3.05) is 31.1 Å². The Morgan fingerprint density at radius 2 is 2.37 bits per heavy atom. The molecule has 0 unspecified atom stereocenters. The first-order chi connectivity index (χ1) is 9.31. The number of anilines is 1. The van der Waals surface area contributed by atoms with Gasteiger partial charge in [-0.25, -0.2) is 4.98 Å². The van der Waals surface area contributed by atoms with Crippen molar-refractivity contribution in [3.63, 3.8) is 0 Å². The van der Waals surface area contributed by atoms with Crippen LogP contribution in [0.25, 0.3) is 0 Å². The van der Waals surface area contributed by atoms with Crippen molar-refractivity contribution in [2.24, 2.45) is 0 Å². The molecule has 1 aromatic rings. The van der Waals surface area contributed by atoms with Gasteiger partial charge in [-0.05, 0) is 19.0 Å². The molecule has 5 nitrogen and oxygen atoms in total. The van der Waals surface area contributed by atoms with Gasteiger partial charge in [0.05, 0.1) is 0 Å². The average molecular weight is 262 g/mol. The average Bonchev–Trinajstić information content (AvgIpc) is 2.64. The Morgan fingerprint density at radius 3 is 3.21 bits per heavy atom. The SMILES string of the molecule is CCCNCc1cccnc1N1CCNC(=O)CC1. The minimum atomic E-state index is 0.129. The summed E-state index contributed by atoms with van der Waals surface area (Å²) < 4.78 is 0. The topological polar surface area (TPSA) is 57.3 Å². The first-order valence-corrected chi connectivity index (χ1v) is 6.97. The van der Waals surface area contributed by atoms with Crippen LogP contribution in [0.2, 0.25) is 0 Å². The number of rotatable bonds is 5. The maximum absolute atomic E-state index is 11.4. The number of amides is 1. The van der Waals surface area contributed by atoms with Gasteiger partial charge in [0.1, 0.15) is 5.82 Å². The molecule has 1 amide bonds. The van der Waals surface area contributed by atoms with Gasteiger partial charge >= 0.3 is 0 Å². The molecular weight excluding hydrogens is 240 g/mol. The highest BCUT2D eigenvalue weighted by molar-refractivity contribution is 5.77. The van der Waals surface area contributed by atoms with E-state index in [0.717, 1.165) is 38.4 Å². The van der Waals surface area contributed by atoms with E-state index in [0.29, 0.717) is 13.0 Å². The molecule has 1 aliphatic heterocycles. The van der Waals surface area contributed by atoms with Crippen LogP contribution in [0.3, 0.4) is 0 Å². The number of hydrogen-bond donors (Lipinski definition) is 2. The quantitative estimate of drug-likeness (QED) is 0.774. The predicted octanol–water partition coefficient (Wildman–Crippen LogP) is 0.907. The molecule has 1 aliphatic rings. The highest BCUT2D eigenvalue weighted by Crippen LogP contribution is 2.17. The van der Waals surface area contributed by atoms with Gasteiger partial charge in [-0.15, -0.1) is 0 Å². The highest BCUT2D eigenvalue weighted by Gasteiger charge is 2.16. The van der Waals surface area contributed by atoms with Gasteiger partial charge in [0, 0.05) is 44.4 Å². The molecule has 104 valence electrons. The molecule has 1 fully saturated rings. The van der Waals surface area contributed by atoms with Crippen molar-refractivity contribution < 1.29 is 4.79 Å². The normalized spacial score (nSPS) is 16.1. The van der Waals surface area contributed by atoms with E-state index < -0.39 is 0 Å². The van der Waals surface area contributed by atoms with Gasteiger partial charge in [-0.2, -0.15) is 0 Å². The second kappa shape index (κ2) is 7.09. The standard InChI is InChI=1S/C14H22N4O/c1-2-6-15-11-12-4-3-7-17-14(12)18-9-5-13(19)16-8-10-18/h3-4,7,15H,2,5-6,8-11H2,1H3,(H,16,19). The van der Waals surface area contributed by atoms with Crippen LogP contribution in [0.1, 0.15) is 25.3 Å². The fourth-order valence-corrected chi connectivity index (χ4v) is 2.23. The van der Waals surface area contributed by atoms with Crippen molar-refractivity contribution in [1.82, 2.24) is 15.6 Å². The zero-order chi connectivity index (χ0) is 13.5. The van der Waals surface area contributed by atoms with Crippen LogP contribution in [0, 0.1) is 0 Å². The first-order valence-electron chi connectivity index (χ1n) is 6.97. The summed E-state index contributed by atoms with van der Waals surface area (Å²) in [5.41, 5.74) is 1.20. The largest absolute Gasteiger partial charge is 0.354 e. The molecule has 0 atom stereocenters. The Balaban J connectivity index is 2.07. The molecule has 0 aromatic carbocycles. The lowest BCUT2D eigenvalue weighted by molar-refractivity contribution is -0.120. The van der Waals surface area contributed by atoms with Crippen LogP contribution in [-0.4, -0.2) is 37.1 Å². The van der Waals surface area contributed by atoms with Crippen LogP contribution in [0.15, 0.2) is 18.3 Å². The van der Waals surface area contributed by atoms with Crippen molar-refractivity contribution >= 4 is 11.7 Å². The van der Waals surface area contributed by atoms with Crippen molar-refractivity contribution in [1.29, 1.82) is 0 Å². The summed E-state index contributed by atoms with van der Waals surface area (Å²) in [7, 11) is 0. The Labute approximate surface area is 114 Å². The van der Waals surface area contributed by atoms with Crippen molar-refractivity contribution in [3.05, 3.63) is 23.9 Å². The number of pyridine rings is 1. The van der Waals surface area contributed by atoms with Crippen LogP contribution in [0.5, 0.6) is 0 Å². The molecular formula is C14H22N4O. The number of carbonyl (C=O) groups excluding carboxylic acids is 1. The van der Waals surface area contributed by atoms with E-state index in [1.54, 1.807) is 0 Å². The summed E-state index contributed by atoms with van der Waals surface area (Å²) in [6.07, 6.45) is 3.48. The highest BCUT2D eigenvalue weighted by atomic mass is 16.1. The van der Waals surface area contributed by atoms with Crippen molar-refractivity contribution in [3.8, 4) is 0 Å². The number of aromatic nitrogens is 1. The van der Waals surface area contributed by atoms with E-state index in [1.165, 1.54) is 5.56 Å². The Morgan fingerprint density at radius 1 is 1.47 bits per heavy atom. The van der Waals surface area contributed by atoms with Gasteiger partial charge in [-0.3, -0.25) is 4.79 Å². The molecule has 1 saturated heterocycles. The molecule has 1 aromatic heterocycles. The van der Waals surface area contributed by atoms with E-state index in [9.17, 15) is 4.79 Å². The molecule has 0 aliphatic carbocycles. The van der Waals surface area contributed by atoms with Crippen LogP contribution in [0.4, 0.5) is 5.82 Å². The zero-order valence-corrected chi connectivity index (χ0v) is 11.5. The van der Waals surface area contributed by atoms with Gasteiger partial charge in [0.15, 0.2) is 0 Å². The molecule has 0 radical (unpaired) electrons. The fourth-order valence-electron chi connectivity index (χ4n) is 2.23. The summed E-state index contributed by atoms with van der Waals surface area (Å²) in [5.74, 6) is 1.13. The third kappa shape index (κ3) is 3.92. The summed E-state index contributed by atoms with van der Waals surface area (Å²) in [6, 6.07) is 4.07. The van der Waals surface area contributed by atoms with E-state index in [2.05, 4.69) is 33.5 Å². The first kappa shape index (κ1) is 13.8. The smallest absolute Gasteiger partial charge is 0.221 e. The second-order valence-electron chi connectivity index (χ2n) is 4.75. The van der Waals surface area contributed by atoms with E-state index in [1.807, 2.05) is 12.3 Å². The van der Waals surface area contributed by atoms with Gasteiger partial charge < -0.3 is 15.5 Å². The summed E-state index contributed by atoms with van der Waals surface area (Å²) in [5, 5.41) is 6.30. The number of carbonyl (C=O) groups is 1. The summed E-state index contributed by atoms with van der Waals surface area (Å²) in [4.78, 5) is 18.1. The molecule has 2 heterocycles. The lowest BCUT2D eigenvalue weighted by atomic mass is 10.2. The van der Waals surface area contributed by atoms with Gasteiger partial charge in [0.2, 0.25) is 5.91 Å². The molecule has 5 heteroatoms. The van der Waals surface area contributed by atoms with E-state index in [4.69, 9.17) is 0 Å². The van der Waals surface area contributed by atoms with Crippen LogP contribution < -0.4 is 15.5 Å². The van der Waals surface area contributed by atoms with Gasteiger partial charge in [-0.1, -0.05) is 13.0 Å². The third-order valence-electron chi connectivity index (χ3n) is 3.22. The molecule has 19 heavy (non-hydrogen) atoms. The number of nitrogens with one attached hydrogen (secondary N) is 2. The minimum Gasteiger partial charge on any atom is -0.354 e. The summed E-state index contributed by atoms with van der Waals surface area (Å²) >= 11 is 0. The number of hydrogen-bond acceptors (Lipinski definition) is 4. The molecule has 2 N–H and O–H groups in total. The maximum Gasteiger partial charge on any atom is 0.221 e. The molecule has 0 spiro atoms. The van der Waals surface area contributed by atoms with Crippen LogP contribution >= 0.6 is 0 Å². The van der Waals surface area contributed by atoms with Gasteiger partial charge in [0.25, 0.3) is 0 Å². The Bertz CT molecular complexity index is 422. The molecule has 0 bridgehead atoms. The Kier molecular flexibility index (Phi) is 5.15. The monoisotopic (exact) mass is 262 g/mol. The van der Waals surface area contributed by atoms with Crippen LogP contribution in [-0.2, 0) is 11.3 Å². The third-order valence-corrected chi connectivity index (χ3v) is 3.22. The Hall–Kier alpha value is -1.62. The lowest BCUT2D eigenvalue weighted by Gasteiger charge is -2.23. The second-order valence-corrected chi connectivity index (χ2v) is 4.75. The summed E-state index contributed by atoms with van der Waals surface area (Å²) in [6.45, 7) is 6.25. The predicted molar refractivity (Wildman–Crippen MR) is 76.1 cm³/mol. The fraction of sp³-hybridized carbons (Fsp3) is 0.571. The lowest BCUT2D eigenvalue weighted by Crippen LogP contribution is -2.30. The number of nitrogens with zero attached hydrogens (tertiary/aromatic N) is 2. The minimum absolute atomic E-state index is 0.129.